The van der Waals surface area contributed by atoms with Gasteiger partial charge in [-0.25, -0.2) is 0 Å². The highest BCUT2D eigenvalue weighted by molar-refractivity contribution is 6.33. The Bertz CT molecular complexity index is 561. The highest BCUT2D eigenvalue weighted by atomic mass is 35.5. The van der Waals surface area contributed by atoms with Crippen molar-refractivity contribution in [2.75, 3.05) is 0 Å². The van der Waals surface area contributed by atoms with E-state index in [0.717, 1.165) is 12.8 Å². The number of ether oxygens (including phenoxy) is 1. The van der Waals surface area contributed by atoms with E-state index in [1.165, 1.54) is 5.56 Å². The third kappa shape index (κ3) is 3.36. The molecule has 0 aliphatic rings. The first-order valence-corrected chi connectivity index (χ1v) is 6.63. The van der Waals surface area contributed by atoms with Gasteiger partial charge in [-0.15, -0.1) is 0 Å². The summed E-state index contributed by atoms with van der Waals surface area (Å²) in [5.41, 5.74) is 1.65. The van der Waals surface area contributed by atoms with Crippen LogP contribution in [0.15, 0.2) is 42.5 Å². The molecule has 0 saturated heterocycles. The smallest absolute Gasteiger partial charge is 0.155 e. The van der Waals surface area contributed by atoms with Crippen molar-refractivity contribution in [2.45, 2.75) is 19.8 Å². The van der Waals surface area contributed by atoms with Crippen LogP contribution < -0.4 is 4.74 Å². The Morgan fingerprint density at radius 1 is 1.16 bits per heavy atom. The van der Waals surface area contributed by atoms with E-state index < -0.39 is 0 Å². The second kappa shape index (κ2) is 6.39. The van der Waals surface area contributed by atoms with Crippen LogP contribution >= 0.6 is 11.6 Å². The Labute approximate surface area is 118 Å². The van der Waals surface area contributed by atoms with Crippen LogP contribution in [-0.4, -0.2) is 6.29 Å². The third-order valence-electron chi connectivity index (χ3n) is 2.82. The highest BCUT2D eigenvalue weighted by Crippen LogP contribution is 2.29. The van der Waals surface area contributed by atoms with Gasteiger partial charge in [0.05, 0.1) is 10.6 Å². The molecule has 98 valence electrons. The Morgan fingerprint density at radius 3 is 2.53 bits per heavy atom. The number of carbonyl (C=O) groups is 1. The molecule has 0 bridgehead atoms. The summed E-state index contributed by atoms with van der Waals surface area (Å²) in [7, 11) is 0. The fourth-order valence-corrected chi connectivity index (χ4v) is 2.07. The molecule has 2 aromatic carbocycles. The van der Waals surface area contributed by atoms with Gasteiger partial charge in [0.2, 0.25) is 0 Å². The van der Waals surface area contributed by atoms with Crippen molar-refractivity contribution < 1.29 is 9.53 Å². The van der Waals surface area contributed by atoms with Crippen LogP contribution in [0.5, 0.6) is 11.5 Å². The minimum atomic E-state index is 0.377. The topological polar surface area (TPSA) is 26.3 Å². The van der Waals surface area contributed by atoms with Crippen LogP contribution in [0.3, 0.4) is 0 Å². The zero-order chi connectivity index (χ0) is 13.7. The Balaban J connectivity index is 2.21. The Hall–Kier alpha value is -1.80. The van der Waals surface area contributed by atoms with Crippen LogP contribution in [0.1, 0.15) is 29.3 Å². The minimum absolute atomic E-state index is 0.377. The van der Waals surface area contributed by atoms with Gasteiger partial charge in [0.15, 0.2) is 6.29 Å². The molecule has 3 heteroatoms. The number of carbonyl (C=O) groups excluding carboxylic acids is 1. The van der Waals surface area contributed by atoms with Gasteiger partial charge < -0.3 is 4.74 Å². The van der Waals surface area contributed by atoms with E-state index in [4.69, 9.17) is 16.3 Å². The van der Waals surface area contributed by atoms with E-state index in [0.29, 0.717) is 28.4 Å². The summed E-state index contributed by atoms with van der Waals surface area (Å²) >= 11 is 5.95. The van der Waals surface area contributed by atoms with E-state index in [-0.39, 0.29) is 0 Å². The molecule has 0 heterocycles. The van der Waals surface area contributed by atoms with Crippen molar-refractivity contribution in [1.82, 2.24) is 0 Å². The summed E-state index contributed by atoms with van der Waals surface area (Å²) in [6, 6.07) is 13.0. The molecular formula is C16H15ClO2. The Kier molecular flexibility index (Phi) is 4.58. The summed E-state index contributed by atoms with van der Waals surface area (Å²) in [6.07, 6.45) is 2.88. The van der Waals surface area contributed by atoms with Crippen molar-refractivity contribution in [3.05, 3.63) is 58.6 Å². The molecule has 2 nitrogen and oxygen atoms in total. The number of aldehydes is 1. The van der Waals surface area contributed by atoms with Crippen LogP contribution in [0.4, 0.5) is 0 Å². The van der Waals surface area contributed by atoms with Crippen LogP contribution in [-0.2, 0) is 6.42 Å². The number of hydrogen-bond donors (Lipinski definition) is 0. The zero-order valence-corrected chi connectivity index (χ0v) is 11.5. The fourth-order valence-electron chi connectivity index (χ4n) is 1.86. The van der Waals surface area contributed by atoms with E-state index in [1.54, 1.807) is 18.2 Å². The average Bonchev–Trinajstić information content (AvgIpc) is 2.42. The predicted molar refractivity (Wildman–Crippen MR) is 77.4 cm³/mol. The molecule has 0 aromatic heterocycles. The number of rotatable bonds is 5. The minimum Gasteiger partial charge on any atom is -0.457 e. The average molecular weight is 275 g/mol. The molecule has 0 atom stereocenters. The molecule has 2 aromatic rings. The van der Waals surface area contributed by atoms with E-state index in [1.807, 2.05) is 24.3 Å². The molecule has 0 unspecified atom stereocenters. The number of halogens is 1. The first-order valence-electron chi connectivity index (χ1n) is 6.25. The molecular weight excluding hydrogens is 260 g/mol. The number of benzene rings is 2. The fraction of sp³-hybridized carbons (Fsp3) is 0.188. The lowest BCUT2D eigenvalue weighted by Crippen LogP contribution is -1.92. The second-order valence-corrected chi connectivity index (χ2v) is 4.67. The quantitative estimate of drug-likeness (QED) is 0.725. The Morgan fingerprint density at radius 2 is 1.89 bits per heavy atom. The number of aryl methyl sites for hydroxylation is 1. The maximum absolute atomic E-state index is 11.0. The summed E-state index contributed by atoms with van der Waals surface area (Å²) in [6.45, 7) is 2.15. The SMILES string of the molecule is CCCc1ccc(Oc2cccc(Cl)c2C=O)cc1. The predicted octanol–water partition coefficient (Wildman–Crippen LogP) is 4.90. The van der Waals surface area contributed by atoms with Crippen molar-refractivity contribution in [3.8, 4) is 11.5 Å². The van der Waals surface area contributed by atoms with Crippen molar-refractivity contribution in [2.24, 2.45) is 0 Å². The maximum atomic E-state index is 11.0. The van der Waals surface area contributed by atoms with Crippen molar-refractivity contribution in [1.29, 1.82) is 0 Å². The van der Waals surface area contributed by atoms with Gasteiger partial charge in [-0.2, -0.15) is 0 Å². The van der Waals surface area contributed by atoms with Crippen LogP contribution in [0.25, 0.3) is 0 Å². The van der Waals surface area contributed by atoms with Crippen LogP contribution in [0, 0.1) is 0 Å². The third-order valence-corrected chi connectivity index (χ3v) is 3.15. The monoisotopic (exact) mass is 274 g/mol. The lowest BCUT2D eigenvalue weighted by atomic mass is 10.1. The zero-order valence-electron chi connectivity index (χ0n) is 10.7. The molecule has 0 aliphatic carbocycles. The van der Waals surface area contributed by atoms with Gasteiger partial charge in [-0.05, 0) is 36.2 Å². The first-order chi connectivity index (χ1) is 9.24. The van der Waals surface area contributed by atoms with Gasteiger partial charge in [0, 0.05) is 0 Å². The highest BCUT2D eigenvalue weighted by Gasteiger charge is 2.08. The molecule has 2 rings (SSSR count). The first kappa shape index (κ1) is 13.6. The van der Waals surface area contributed by atoms with Gasteiger partial charge in [0.1, 0.15) is 11.5 Å². The van der Waals surface area contributed by atoms with Crippen LogP contribution in [0.2, 0.25) is 5.02 Å². The molecule has 19 heavy (non-hydrogen) atoms. The molecule has 0 radical (unpaired) electrons. The van der Waals surface area contributed by atoms with E-state index in [2.05, 4.69) is 6.92 Å². The lowest BCUT2D eigenvalue weighted by molar-refractivity contribution is 0.112. The second-order valence-electron chi connectivity index (χ2n) is 4.27. The van der Waals surface area contributed by atoms with Crippen molar-refractivity contribution >= 4 is 17.9 Å². The normalized spacial score (nSPS) is 10.2. The van der Waals surface area contributed by atoms with Crippen molar-refractivity contribution in [3.63, 3.8) is 0 Å². The van der Waals surface area contributed by atoms with Gasteiger partial charge >= 0.3 is 0 Å². The molecule has 0 amide bonds. The molecule has 0 N–H and O–H groups in total. The van der Waals surface area contributed by atoms with Gasteiger partial charge in [-0.1, -0.05) is 43.1 Å². The molecule has 0 fully saturated rings. The summed E-state index contributed by atoms with van der Waals surface area (Å²) in [5.74, 6) is 1.18. The maximum Gasteiger partial charge on any atom is 0.155 e. The molecule has 0 saturated carbocycles. The number of hydrogen-bond acceptors (Lipinski definition) is 2. The van der Waals surface area contributed by atoms with Gasteiger partial charge in [-0.3, -0.25) is 4.79 Å². The summed E-state index contributed by atoms with van der Waals surface area (Å²) in [5, 5.41) is 0.398. The lowest BCUT2D eigenvalue weighted by Gasteiger charge is -2.09. The van der Waals surface area contributed by atoms with E-state index >= 15 is 0 Å². The standard InChI is InChI=1S/C16H15ClO2/c1-2-4-12-7-9-13(10-8-12)19-16-6-3-5-15(17)14(16)11-18/h3,5-11H,2,4H2,1H3. The van der Waals surface area contributed by atoms with E-state index in [9.17, 15) is 4.79 Å². The summed E-state index contributed by atoms with van der Waals surface area (Å²) < 4.78 is 5.70. The molecule has 0 spiro atoms. The summed E-state index contributed by atoms with van der Waals surface area (Å²) in [4.78, 5) is 11.0. The largest absolute Gasteiger partial charge is 0.457 e. The van der Waals surface area contributed by atoms with Gasteiger partial charge in [0.25, 0.3) is 0 Å². The molecule has 0 aliphatic heterocycles.